The van der Waals surface area contributed by atoms with Gasteiger partial charge in [-0.2, -0.15) is 0 Å². The highest BCUT2D eigenvalue weighted by atomic mass is 32.1. The topological polar surface area (TPSA) is 524 Å². The highest BCUT2D eigenvalue weighted by Gasteiger charge is 2.52. The van der Waals surface area contributed by atoms with Crippen molar-refractivity contribution in [1.82, 2.24) is 52.3 Å². The van der Waals surface area contributed by atoms with Gasteiger partial charge in [0.2, 0.25) is 59.1 Å². The van der Waals surface area contributed by atoms with Crippen molar-refractivity contribution < 1.29 is 63.0 Å². The maximum atomic E-state index is 15.1. The number of nitrogens with one attached hydrogen (secondary N) is 8. The summed E-state index contributed by atoms with van der Waals surface area (Å²) in [7, 11) is 0. The van der Waals surface area contributed by atoms with E-state index in [1.165, 1.54) is 51.7 Å². The highest BCUT2D eigenvalue weighted by Crippen LogP contribution is 2.61. The number of thiophene rings is 2. The van der Waals surface area contributed by atoms with Crippen molar-refractivity contribution in [3.63, 3.8) is 0 Å². The van der Waals surface area contributed by atoms with Crippen LogP contribution in [0.2, 0.25) is 0 Å². The Bertz CT molecular complexity index is 3600. The lowest BCUT2D eigenvalue weighted by Crippen LogP contribution is -2.66. The van der Waals surface area contributed by atoms with E-state index < -0.39 is 126 Å². The molecule has 578 valence electrons. The Kier molecular flexibility index (Phi) is 29.1. The van der Waals surface area contributed by atoms with Gasteiger partial charge in [-0.1, -0.05) is 61.7 Å². The van der Waals surface area contributed by atoms with Gasteiger partial charge < -0.3 is 96.9 Å². The molecule has 4 bridgehead atoms. The van der Waals surface area contributed by atoms with Crippen molar-refractivity contribution >= 4 is 106 Å². The molecule has 5 saturated carbocycles. The molecule has 10 rings (SSSR count). The highest BCUT2D eigenvalue weighted by molar-refractivity contribution is 7.10. The zero-order valence-corrected chi connectivity index (χ0v) is 61.5. The summed E-state index contributed by atoms with van der Waals surface area (Å²) < 4.78 is 0. The molecule has 10 amide bonds. The Balaban J connectivity index is 0.855. The number of nitrogens with two attached hydrogens (primary N) is 6. The van der Waals surface area contributed by atoms with Crippen molar-refractivity contribution in [2.75, 3.05) is 39.3 Å². The van der Waals surface area contributed by atoms with Crippen molar-refractivity contribution in [2.45, 2.75) is 214 Å². The van der Waals surface area contributed by atoms with Crippen molar-refractivity contribution in [2.24, 2.45) is 72.5 Å². The number of hydrogen-bond donors (Lipinski definition) is 16. The summed E-state index contributed by atoms with van der Waals surface area (Å²) in [6.07, 6.45) is 8.75. The number of carbonyl (C=O) groups excluding carboxylic acids is 10. The fourth-order valence-electron chi connectivity index (χ4n) is 16.6. The summed E-state index contributed by atoms with van der Waals surface area (Å²) in [6, 6.07) is 5.78. The van der Waals surface area contributed by atoms with Crippen LogP contribution in [0.25, 0.3) is 0 Å². The number of nitrogens with zero attached hydrogens (tertiary/aromatic N) is 5. The molecule has 0 unspecified atom stereocenters. The van der Waals surface area contributed by atoms with Gasteiger partial charge in [0.05, 0.1) is 12.6 Å². The minimum Gasteiger partial charge on any atom is -0.480 e. The first-order valence-electron chi connectivity index (χ1n) is 36.9. The summed E-state index contributed by atoms with van der Waals surface area (Å²) in [4.78, 5) is 174. The molecule has 5 aliphatic carbocycles. The van der Waals surface area contributed by atoms with E-state index in [9.17, 15) is 58.2 Å². The van der Waals surface area contributed by atoms with Gasteiger partial charge >= 0.3 is 5.97 Å². The van der Waals surface area contributed by atoms with Gasteiger partial charge in [-0.3, -0.25) is 62.9 Å². The van der Waals surface area contributed by atoms with Crippen LogP contribution >= 0.6 is 22.7 Å². The molecule has 34 heteroatoms. The average molecular weight is 1510 g/mol. The smallest absolute Gasteiger partial charge is 0.326 e. The van der Waals surface area contributed by atoms with Crippen LogP contribution in [0, 0.1) is 23.2 Å². The molecule has 2 aromatic heterocycles. The molecule has 22 N–H and O–H groups in total. The number of guanidine groups is 3. The lowest BCUT2D eigenvalue weighted by Gasteiger charge is -2.56. The van der Waals surface area contributed by atoms with Gasteiger partial charge in [0.25, 0.3) is 0 Å². The van der Waals surface area contributed by atoms with Crippen LogP contribution in [-0.4, -0.2) is 202 Å². The van der Waals surface area contributed by atoms with E-state index in [4.69, 9.17) is 34.4 Å². The summed E-state index contributed by atoms with van der Waals surface area (Å²) in [5.41, 5.74) is 32.3. The predicted octanol–water partition coefficient (Wildman–Crippen LogP) is -0.514. The number of aliphatic carboxylic acids is 1. The van der Waals surface area contributed by atoms with Crippen LogP contribution in [0.4, 0.5) is 0 Å². The number of amides is 10. The van der Waals surface area contributed by atoms with E-state index in [0.717, 1.165) is 25.7 Å². The van der Waals surface area contributed by atoms with Gasteiger partial charge in [-0.15, -0.1) is 22.7 Å². The Hall–Kier alpha value is -9.44. The molecule has 2 saturated heterocycles. The fourth-order valence-corrected chi connectivity index (χ4v) is 18.1. The number of benzene rings is 1. The molecule has 0 spiro atoms. The number of hydrogen-bond acceptors (Lipinski definition) is 17. The summed E-state index contributed by atoms with van der Waals surface area (Å²) in [5, 5.41) is 47.2. The lowest BCUT2D eigenvalue weighted by atomic mass is 9.49. The monoisotopic (exact) mass is 1510 g/mol. The SMILES string of the molecule is NC(N)=NCCC[C@H](NC(=O)[C@H](Cc1cccs1)NC(=O)[C@@H](Cc1ccccc1)NC(=O)C1(NC(=O)[C@H](Cc2cccs2)NC(=O)CNC(=O)[C@@H]2C[C@@H](O)CN2C(=O)[C@@H]2CCCN2C(=O)[C@H](CCCN=C(N)N)NC(=O)[C@@H](CCCN=C(N)N)NC(=O)CC23CC4CC(CC(C4)C2)C3)CCCCC1)C(=O)O. The van der Waals surface area contributed by atoms with Crippen molar-refractivity contribution in [3.05, 3.63) is 80.7 Å². The molecule has 0 radical (unpaired) electrons. The number of aliphatic hydroxyl groups is 1. The van der Waals surface area contributed by atoms with Gasteiger partial charge in [-0.05, 0) is 154 Å². The zero-order valence-electron chi connectivity index (χ0n) is 59.9. The summed E-state index contributed by atoms with van der Waals surface area (Å²) in [5.74, 6) is -6.76. The molecule has 7 fully saturated rings. The molecule has 1 aromatic carbocycles. The van der Waals surface area contributed by atoms with Crippen LogP contribution in [0.5, 0.6) is 0 Å². The van der Waals surface area contributed by atoms with Crippen LogP contribution in [0.3, 0.4) is 0 Å². The number of likely N-dealkylation sites (tertiary alicyclic amines) is 2. The van der Waals surface area contributed by atoms with E-state index >= 15 is 4.79 Å². The second kappa shape index (κ2) is 38.2. The maximum absolute atomic E-state index is 15.1. The fraction of sp³-hybridized carbons (Fsp3) is 0.611. The first kappa shape index (κ1) is 80.7. The average Bonchev–Trinajstić information content (AvgIpc) is 0.830. The standard InChI is InChI=1S/C72H105N19O13S2/c73-68(74)79-23-7-17-49(83-57(93)39-71-36-43-29-44(37-71)31-45(30-43)38-71)59(95)85-50(18-8-24-80-69(75)76)64(100)90-26-10-20-55(90)65(101)91-41-46(92)33-56(91)63(99)82-40-58(94)84-54(35-48-16-12-28-106-48)62(98)89-72(21-5-2-6-22-72)67(104)88-52(32-42-13-3-1-4-14-42)60(96)87-53(34-47-15-11-27-105-47)61(97)86-51(66(102)103)19-9-25-81-70(77)78/h1,3-4,11-16,27-28,43-46,49-56,92H,2,5-10,17-26,29-41H2,(H,82,99)(H,83,93)(H,84,94)(H,85,95)(H,86,97)(H,87,96)(H,88,104)(H,89,98)(H,102,103)(H4,73,74,79)(H4,75,76,80)(H4,77,78,81)/t43?,44?,45?,46-,49-,50+,51+,52-,53+,54+,55+,56+,71?/m1/s1. The van der Waals surface area contributed by atoms with E-state index in [0.29, 0.717) is 58.8 Å². The van der Waals surface area contributed by atoms with E-state index in [2.05, 4.69) is 57.5 Å². The number of aliphatic hydroxyl groups excluding tert-OH is 1. The van der Waals surface area contributed by atoms with E-state index in [1.807, 2.05) is 0 Å². The van der Waals surface area contributed by atoms with Gasteiger partial charge in [0.1, 0.15) is 53.9 Å². The third kappa shape index (κ3) is 23.0. The Labute approximate surface area is 624 Å². The van der Waals surface area contributed by atoms with Crippen LogP contribution < -0.4 is 76.9 Å². The van der Waals surface area contributed by atoms with Gasteiger partial charge in [0.15, 0.2) is 17.9 Å². The first-order chi connectivity index (χ1) is 50.7. The Morgan fingerprint density at radius 1 is 0.538 bits per heavy atom. The number of carboxylic acids is 1. The molecule has 3 aromatic rings. The third-order valence-electron chi connectivity index (χ3n) is 21.2. The molecule has 4 heterocycles. The van der Waals surface area contributed by atoms with Gasteiger partial charge in [-0.25, -0.2) is 4.79 Å². The molecule has 9 atom stereocenters. The Morgan fingerprint density at radius 3 is 1.59 bits per heavy atom. The number of β-amino-alcohol motifs (C(OH)–C–C–N with tert-alkyl or cyclic N) is 1. The number of carbonyl (C=O) groups is 11. The van der Waals surface area contributed by atoms with E-state index in [-0.39, 0.29) is 145 Å². The largest absolute Gasteiger partial charge is 0.480 e. The van der Waals surface area contributed by atoms with Gasteiger partial charge in [0, 0.05) is 74.6 Å². The molecular weight excluding hydrogens is 1400 g/mol. The van der Waals surface area contributed by atoms with Crippen molar-refractivity contribution in [1.29, 1.82) is 0 Å². The number of aliphatic imine (C=N–C) groups is 3. The summed E-state index contributed by atoms with van der Waals surface area (Å²) in [6.45, 7) is -0.482. The predicted molar refractivity (Wildman–Crippen MR) is 398 cm³/mol. The lowest BCUT2D eigenvalue weighted by molar-refractivity contribution is -0.148. The van der Waals surface area contributed by atoms with Crippen LogP contribution in [0.15, 0.2) is 80.3 Å². The van der Waals surface area contributed by atoms with Crippen LogP contribution in [0.1, 0.15) is 150 Å². The number of carboxylic acid groups (broad SMARTS) is 1. The second-order valence-electron chi connectivity index (χ2n) is 29.4. The quantitative estimate of drug-likeness (QED) is 0.0195. The Morgan fingerprint density at radius 2 is 1.05 bits per heavy atom. The molecule has 2 aliphatic heterocycles. The second-order valence-corrected chi connectivity index (χ2v) is 31.5. The summed E-state index contributed by atoms with van der Waals surface area (Å²) >= 11 is 2.64. The minimum absolute atomic E-state index is 0.0250. The van der Waals surface area contributed by atoms with Crippen molar-refractivity contribution in [3.8, 4) is 0 Å². The van der Waals surface area contributed by atoms with Crippen LogP contribution in [-0.2, 0) is 72.0 Å². The third-order valence-corrected chi connectivity index (χ3v) is 23.0. The first-order valence-corrected chi connectivity index (χ1v) is 38.7. The van der Waals surface area contributed by atoms with E-state index in [1.54, 1.807) is 65.4 Å². The maximum Gasteiger partial charge on any atom is 0.326 e. The minimum atomic E-state index is -1.62. The number of rotatable bonds is 38. The normalized spacial score (nSPS) is 22.8. The molecule has 106 heavy (non-hydrogen) atoms. The molecular formula is C72H105N19O13S2. The zero-order chi connectivity index (χ0) is 76.1. The molecule has 32 nitrogen and oxygen atoms in total. The molecule has 7 aliphatic rings.